The van der Waals surface area contributed by atoms with Crippen LogP contribution in [0.25, 0.3) is 22.3 Å². The Labute approximate surface area is 199 Å². The van der Waals surface area contributed by atoms with Gasteiger partial charge in [0.2, 0.25) is 11.2 Å². The van der Waals surface area contributed by atoms with E-state index in [1.54, 1.807) is 18.2 Å². The number of hydrogen-bond acceptors (Lipinski definition) is 9. The van der Waals surface area contributed by atoms with Gasteiger partial charge in [-0.1, -0.05) is 12.1 Å². The molecule has 3 aromatic rings. The van der Waals surface area contributed by atoms with Crippen molar-refractivity contribution in [3.63, 3.8) is 0 Å². The molecule has 0 aliphatic heterocycles. The van der Waals surface area contributed by atoms with Crippen LogP contribution in [0, 0.1) is 0 Å². The van der Waals surface area contributed by atoms with E-state index in [-0.39, 0.29) is 52.4 Å². The Morgan fingerprint density at radius 1 is 0.857 bits per heavy atom. The van der Waals surface area contributed by atoms with Crippen molar-refractivity contribution in [3.05, 3.63) is 52.7 Å². The van der Waals surface area contributed by atoms with Crippen molar-refractivity contribution in [2.24, 2.45) is 0 Å². The van der Waals surface area contributed by atoms with E-state index in [0.717, 1.165) is 13.8 Å². The largest absolute Gasteiger partial charge is 0.481 e. The standard InChI is InChI=1S/C25H22O10/c1-14(26)32-20-13-16(11-12-19(20)34-22(30)10-6-5-9-21(28)29)24-25(33-15(2)27)23(31)17-7-3-4-8-18(17)35-24/h3-4,7-8,11-13H,5-6,9-10H2,1-2H3,(H,28,29). The third-order valence-electron chi connectivity index (χ3n) is 4.71. The average molecular weight is 482 g/mol. The fourth-order valence-electron chi connectivity index (χ4n) is 3.24. The summed E-state index contributed by atoms with van der Waals surface area (Å²) in [5, 5.41) is 8.89. The Hall–Kier alpha value is -4.47. The third-order valence-corrected chi connectivity index (χ3v) is 4.71. The number of carboxylic acids is 1. The van der Waals surface area contributed by atoms with E-state index >= 15 is 0 Å². The van der Waals surface area contributed by atoms with Gasteiger partial charge in [0.25, 0.3) is 0 Å². The van der Waals surface area contributed by atoms with Gasteiger partial charge < -0.3 is 23.7 Å². The first-order valence-electron chi connectivity index (χ1n) is 10.6. The minimum absolute atomic E-state index is 0.0370. The van der Waals surface area contributed by atoms with Gasteiger partial charge in [-0.25, -0.2) is 0 Å². The number of ether oxygens (including phenoxy) is 3. The lowest BCUT2D eigenvalue weighted by molar-refractivity contribution is -0.138. The summed E-state index contributed by atoms with van der Waals surface area (Å²) < 4.78 is 21.5. The summed E-state index contributed by atoms with van der Waals surface area (Å²) in [4.78, 5) is 59.1. The van der Waals surface area contributed by atoms with Crippen LogP contribution in [0.4, 0.5) is 0 Å². The monoisotopic (exact) mass is 482 g/mol. The summed E-state index contributed by atoms with van der Waals surface area (Å²) in [6.45, 7) is 2.30. The average Bonchev–Trinajstić information content (AvgIpc) is 2.79. The van der Waals surface area contributed by atoms with Crippen molar-refractivity contribution in [1.82, 2.24) is 0 Å². The zero-order valence-corrected chi connectivity index (χ0v) is 19.0. The molecule has 0 saturated heterocycles. The van der Waals surface area contributed by atoms with Crippen LogP contribution >= 0.6 is 0 Å². The highest BCUT2D eigenvalue weighted by Gasteiger charge is 2.22. The van der Waals surface area contributed by atoms with Gasteiger partial charge in [0, 0.05) is 32.3 Å². The van der Waals surface area contributed by atoms with Crippen molar-refractivity contribution in [2.45, 2.75) is 39.5 Å². The number of carboxylic acid groups (broad SMARTS) is 1. The zero-order chi connectivity index (χ0) is 25.5. The van der Waals surface area contributed by atoms with Gasteiger partial charge in [-0.2, -0.15) is 0 Å². The van der Waals surface area contributed by atoms with Crippen molar-refractivity contribution in [2.75, 3.05) is 0 Å². The summed E-state index contributed by atoms with van der Waals surface area (Å²) in [6, 6.07) is 10.5. The van der Waals surface area contributed by atoms with Crippen molar-refractivity contribution < 1.29 is 42.9 Å². The SMILES string of the molecule is CC(=O)Oc1cc(-c2oc3ccccc3c(=O)c2OC(C)=O)ccc1OC(=O)CCCCC(=O)O. The number of para-hydroxylation sites is 1. The highest BCUT2D eigenvalue weighted by molar-refractivity contribution is 5.85. The van der Waals surface area contributed by atoms with E-state index < -0.39 is 29.3 Å². The Balaban J connectivity index is 1.99. The number of fused-ring (bicyclic) bond motifs is 1. The summed E-state index contributed by atoms with van der Waals surface area (Å²) >= 11 is 0. The molecule has 10 nitrogen and oxygen atoms in total. The molecule has 2 aromatic carbocycles. The second kappa shape index (κ2) is 11.1. The number of esters is 3. The Kier molecular flexibility index (Phi) is 7.98. The predicted octanol–water partition coefficient (Wildman–Crippen LogP) is 3.86. The Morgan fingerprint density at radius 2 is 1.54 bits per heavy atom. The van der Waals surface area contributed by atoms with E-state index in [2.05, 4.69) is 0 Å². The van der Waals surface area contributed by atoms with Crippen molar-refractivity contribution in [1.29, 1.82) is 0 Å². The molecule has 0 bridgehead atoms. The molecule has 1 heterocycles. The first-order valence-corrected chi connectivity index (χ1v) is 10.6. The quantitative estimate of drug-likeness (QED) is 0.271. The van der Waals surface area contributed by atoms with Gasteiger partial charge in [0.1, 0.15) is 5.58 Å². The van der Waals surface area contributed by atoms with Gasteiger partial charge in [-0.3, -0.25) is 24.0 Å². The fraction of sp³-hybridized carbons (Fsp3) is 0.240. The number of hydrogen-bond donors (Lipinski definition) is 1. The third kappa shape index (κ3) is 6.53. The highest BCUT2D eigenvalue weighted by Crippen LogP contribution is 2.37. The van der Waals surface area contributed by atoms with Crippen LogP contribution in [0.3, 0.4) is 0 Å². The predicted molar refractivity (Wildman–Crippen MR) is 122 cm³/mol. The van der Waals surface area contributed by atoms with E-state index in [4.69, 9.17) is 23.7 Å². The van der Waals surface area contributed by atoms with Crippen LogP contribution in [0.5, 0.6) is 17.2 Å². The molecule has 35 heavy (non-hydrogen) atoms. The van der Waals surface area contributed by atoms with Gasteiger partial charge in [0.15, 0.2) is 17.3 Å². The maximum atomic E-state index is 13.0. The van der Waals surface area contributed by atoms with E-state index in [9.17, 15) is 24.0 Å². The molecular formula is C25H22O10. The van der Waals surface area contributed by atoms with Crippen LogP contribution < -0.4 is 19.6 Å². The fourth-order valence-corrected chi connectivity index (χ4v) is 3.24. The van der Waals surface area contributed by atoms with Gasteiger partial charge in [0.05, 0.1) is 5.39 Å². The molecule has 0 radical (unpaired) electrons. The highest BCUT2D eigenvalue weighted by atomic mass is 16.6. The minimum atomic E-state index is -0.959. The molecule has 0 amide bonds. The minimum Gasteiger partial charge on any atom is -0.481 e. The van der Waals surface area contributed by atoms with Gasteiger partial charge >= 0.3 is 23.9 Å². The lowest BCUT2D eigenvalue weighted by Crippen LogP contribution is -2.13. The summed E-state index contributed by atoms with van der Waals surface area (Å²) in [5.41, 5.74) is -0.0983. The van der Waals surface area contributed by atoms with Crippen LogP contribution in [0.2, 0.25) is 0 Å². The maximum Gasteiger partial charge on any atom is 0.311 e. The number of unbranched alkanes of at least 4 members (excludes halogenated alkanes) is 1. The molecular weight excluding hydrogens is 460 g/mol. The topological polar surface area (TPSA) is 146 Å². The lowest BCUT2D eigenvalue weighted by Gasteiger charge is -2.13. The number of benzene rings is 2. The normalized spacial score (nSPS) is 10.6. The molecule has 10 heteroatoms. The number of rotatable bonds is 9. The van der Waals surface area contributed by atoms with E-state index in [1.165, 1.54) is 24.3 Å². The number of carbonyl (C=O) groups is 4. The summed E-state index contributed by atoms with van der Waals surface area (Å²) in [7, 11) is 0. The smallest absolute Gasteiger partial charge is 0.311 e. The second-order valence-electron chi connectivity index (χ2n) is 7.51. The first kappa shape index (κ1) is 25.2. The lowest BCUT2D eigenvalue weighted by atomic mass is 10.1. The van der Waals surface area contributed by atoms with Crippen molar-refractivity contribution in [3.8, 4) is 28.6 Å². The number of aliphatic carboxylic acids is 1. The maximum absolute atomic E-state index is 13.0. The molecule has 0 saturated carbocycles. The first-order chi connectivity index (χ1) is 16.7. The van der Waals surface area contributed by atoms with Crippen LogP contribution in [-0.2, 0) is 19.2 Å². The Morgan fingerprint density at radius 3 is 2.23 bits per heavy atom. The molecule has 0 atom stereocenters. The molecule has 0 unspecified atom stereocenters. The molecule has 1 N–H and O–H groups in total. The van der Waals surface area contributed by atoms with E-state index in [1.807, 2.05) is 0 Å². The molecule has 3 rings (SSSR count). The molecule has 0 spiro atoms. The molecule has 0 aliphatic carbocycles. The molecule has 0 aliphatic rings. The Bertz CT molecular complexity index is 1350. The van der Waals surface area contributed by atoms with Gasteiger partial charge in [-0.05, 0) is 43.2 Å². The van der Waals surface area contributed by atoms with Crippen LogP contribution in [-0.4, -0.2) is 29.0 Å². The summed E-state index contributed by atoms with van der Waals surface area (Å²) in [5.74, 6) is -3.64. The van der Waals surface area contributed by atoms with Crippen molar-refractivity contribution >= 4 is 34.8 Å². The second-order valence-corrected chi connectivity index (χ2v) is 7.51. The summed E-state index contributed by atoms with van der Waals surface area (Å²) in [6.07, 6.45) is 0.507. The van der Waals surface area contributed by atoms with Crippen LogP contribution in [0.1, 0.15) is 39.5 Å². The van der Waals surface area contributed by atoms with Gasteiger partial charge in [-0.15, -0.1) is 0 Å². The molecule has 0 fully saturated rings. The molecule has 182 valence electrons. The van der Waals surface area contributed by atoms with E-state index in [0.29, 0.717) is 12.8 Å². The number of carbonyl (C=O) groups excluding carboxylic acids is 3. The zero-order valence-electron chi connectivity index (χ0n) is 19.0. The molecule has 1 aromatic heterocycles. The van der Waals surface area contributed by atoms with Crippen LogP contribution in [0.15, 0.2) is 51.7 Å².